The molecule has 26 heavy (non-hydrogen) atoms. The van der Waals surface area contributed by atoms with Gasteiger partial charge in [-0.2, -0.15) is 0 Å². The summed E-state index contributed by atoms with van der Waals surface area (Å²) in [5, 5.41) is 1.04. The fourth-order valence-electron chi connectivity index (χ4n) is 3.00. The van der Waals surface area contributed by atoms with Crippen LogP contribution in [-0.2, 0) is 11.0 Å². The molecule has 1 aliphatic carbocycles. The van der Waals surface area contributed by atoms with Gasteiger partial charge in [-0.15, -0.1) is 0 Å². The number of rotatable bonds is 5. The molecule has 0 radical (unpaired) electrons. The molecule has 1 heterocycles. The third-order valence-electron chi connectivity index (χ3n) is 4.67. The van der Waals surface area contributed by atoms with Crippen LogP contribution in [0.15, 0.2) is 40.4 Å². The Labute approximate surface area is 164 Å². The summed E-state index contributed by atoms with van der Waals surface area (Å²) in [5.41, 5.74) is -0.227. The summed E-state index contributed by atoms with van der Waals surface area (Å²) in [6.07, 6.45) is 3.96. The van der Waals surface area contributed by atoms with Crippen LogP contribution < -0.4 is 4.74 Å². The van der Waals surface area contributed by atoms with E-state index in [1.54, 1.807) is 6.08 Å². The largest absolute Gasteiger partial charge is 0.493 e. The van der Waals surface area contributed by atoms with E-state index < -0.39 is 27.4 Å². The summed E-state index contributed by atoms with van der Waals surface area (Å²) in [4.78, 5) is 0. The molecule has 1 saturated heterocycles. The van der Waals surface area contributed by atoms with Crippen molar-refractivity contribution in [3.8, 4) is 5.75 Å². The van der Waals surface area contributed by atoms with Gasteiger partial charge in [0.15, 0.2) is 11.6 Å². The maximum atomic E-state index is 13.2. The minimum atomic E-state index is -1.31. The molecule has 0 bridgehead atoms. The van der Waals surface area contributed by atoms with Gasteiger partial charge in [0.1, 0.15) is 16.7 Å². The molecule has 0 aromatic heterocycles. The first kappa shape index (κ1) is 19.8. The second-order valence-corrected chi connectivity index (χ2v) is 10.00. The van der Waals surface area contributed by atoms with Crippen LogP contribution in [0.3, 0.4) is 0 Å². The molecular weight excluding hydrogens is 403 g/mol. The van der Waals surface area contributed by atoms with Crippen LogP contribution >= 0.6 is 23.2 Å². The Bertz CT molecular complexity index is 808. The van der Waals surface area contributed by atoms with Gasteiger partial charge in [0.25, 0.3) is 0 Å². The molecule has 8 heteroatoms. The van der Waals surface area contributed by atoms with E-state index in [1.807, 2.05) is 24.2 Å². The fourth-order valence-corrected chi connectivity index (χ4v) is 5.51. The molecule has 1 aromatic carbocycles. The van der Waals surface area contributed by atoms with Crippen molar-refractivity contribution in [1.82, 2.24) is 4.31 Å². The molecule has 2 aliphatic rings. The van der Waals surface area contributed by atoms with Crippen LogP contribution in [0.5, 0.6) is 5.75 Å². The van der Waals surface area contributed by atoms with E-state index in [0.29, 0.717) is 36.2 Å². The number of allylic oxidation sites excluding steroid dienone is 3. The van der Waals surface area contributed by atoms with Crippen LogP contribution in [0.25, 0.3) is 0 Å². The first-order valence-corrected chi connectivity index (χ1v) is 9.97. The van der Waals surface area contributed by atoms with Crippen molar-refractivity contribution in [2.24, 2.45) is 5.41 Å². The number of hydrogen-bond donors (Lipinski definition) is 0. The van der Waals surface area contributed by atoms with E-state index in [1.165, 1.54) is 6.07 Å². The topological polar surface area (TPSA) is 29.5 Å². The molecule has 0 spiro atoms. The van der Waals surface area contributed by atoms with Crippen LogP contribution in [0, 0.1) is 17.0 Å². The summed E-state index contributed by atoms with van der Waals surface area (Å²) < 4.78 is 45.9. The molecule has 2 atom stereocenters. The molecule has 3 rings (SSSR count). The van der Waals surface area contributed by atoms with Crippen molar-refractivity contribution in [2.75, 3.05) is 19.7 Å². The van der Waals surface area contributed by atoms with E-state index in [4.69, 9.17) is 27.9 Å². The molecule has 142 valence electrons. The highest BCUT2D eigenvalue weighted by molar-refractivity contribution is 7.84. The molecule has 1 fully saturated rings. The smallest absolute Gasteiger partial charge is 0.162 e. The van der Waals surface area contributed by atoms with E-state index in [-0.39, 0.29) is 11.2 Å². The third kappa shape index (κ3) is 3.84. The Kier molecular flexibility index (Phi) is 5.50. The first-order valence-electron chi connectivity index (χ1n) is 8.11. The lowest BCUT2D eigenvalue weighted by Crippen LogP contribution is -2.60. The molecule has 0 amide bonds. The van der Waals surface area contributed by atoms with E-state index in [2.05, 4.69) is 0 Å². The quantitative estimate of drug-likeness (QED) is 0.686. The second kappa shape index (κ2) is 7.23. The standard InChI is InChI=1S/C18H19Cl2F2NO2S/c1-17(11-25-13-3-4-14(21)15(22)8-13)9-23(10-17)26(24)18(2)6-5-12(19)7-16(18)20/h3-5,7-8H,6,9-11H2,1-2H3. The van der Waals surface area contributed by atoms with Crippen molar-refractivity contribution in [2.45, 2.75) is 25.0 Å². The molecule has 1 aromatic rings. The summed E-state index contributed by atoms with van der Waals surface area (Å²) in [6.45, 7) is 5.28. The normalized spacial score (nSPS) is 26.5. The van der Waals surface area contributed by atoms with Gasteiger partial charge in [-0.3, -0.25) is 0 Å². The number of ether oxygens (including phenoxy) is 1. The molecule has 3 nitrogen and oxygen atoms in total. The van der Waals surface area contributed by atoms with Gasteiger partial charge in [-0.25, -0.2) is 17.3 Å². The number of benzene rings is 1. The summed E-state index contributed by atoms with van der Waals surface area (Å²) in [6, 6.07) is 3.45. The lowest BCUT2D eigenvalue weighted by Gasteiger charge is -2.49. The Morgan fingerprint density at radius 3 is 2.54 bits per heavy atom. The number of hydrogen-bond acceptors (Lipinski definition) is 2. The van der Waals surface area contributed by atoms with E-state index in [0.717, 1.165) is 12.1 Å². The van der Waals surface area contributed by atoms with Gasteiger partial charge in [0, 0.05) is 34.6 Å². The fraction of sp³-hybridized carbons (Fsp3) is 0.444. The highest BCUT2D eigenvalue weighted by Gasteiger charge is 2.48. The van der Waals surface area contributed by atoms with E-state index >= 15 is 0 Å². The Hall–Kier alpha value is -0.950. The zero-order chi connectivity index (χ0) is 19.1. The van der Waals surface area contributed by atoms with Gasteiger partial charge >= 0.3 is 0 Å². The number of halogens is 4. The number of nitrogens with zero attached hydrogens (tertiary/aromatic N) is 1. The average Bonchev–Trinajstić information content (AvgIpc) is 2.56. The van der Waals surface area contributed by atoms with Crippen molar-refractivity contribution in [3.63, 3.8) is 0 Å². The van der Waals surface area contributed by atoms with Crippen LogP contribution in [0.2, 0.25) is 0 Å². The zero-order valence-electron chi connectivity index (χ0n) is 14.4. The van der Waals surface area contributed by atoms with Gasteiger partial charge in [0.2, 0.25) is 0 Å². The Balaban J connectivity index is 1.58. The van der Waals surface area contributed by atoms with Crippen LogP contribution in [0.4, 0.5) is 8.78 Å². The van der Waals surface area contributed by atoms with Gasteiger partial charge in [-0.1, -0.05) is 36.2 Å². The maximum absolute atomic E-state index is 13.2. The summed E-state index contributed by atoms with van der Waals surface area (Å²) >= 11 is 12.3. The Morgan fingerprint density at radius 2 is 1.92 bits per heavy atom. The van der Waals surface area contributed by atoms with Crippen molar-refractivity contribution in [3.05, 3.63) is 52.1 Å². The molecule has 0 saturated carbocycles. The lowest BCUT2D eigenvalue weighted by molar-refractivity contribution is 0.0383. The maximum Gasteiger partial charge on any atom is 0.162 e. The molecule has 0 N–H and O–H groups in total. The minimum Gasteiger partial charge on any atom is -0.493 e. The molecule has 2 unspecified atom stereocenters. The van der Waals surface area contributed by atoms with Gasteiger partial charge < -0.3 is 4.74 Å². The van der Waals surface area contributed by atoms with Crippen molar-refractivity contribution in [1.29, 1.82) is 0 Å². The average molecular weight is 422 g/mol. The summed E-state index contributed by atoms with van der Waals surface area (Å²) in [7, 11) is -1.31. The second-order valence-electron chi connectivity index (χ2n) is 7.24. The Morgan fingerprint density at radius 1 is 1.23 bits per heavy atom. The highest BCUT2D eigenvalue weighted by atomic mass is 35.5. The zero-order valence-corrected chi connectivity index (χ0v) is 16.7. The van der Waals surface area contributed by atoms with Crippen LogP contribution in [-0.4, -0.2) is 33.0 Å². The summed E-state index contributed by atoms with van der Waals surface area (Å²) in [5.74, 6) is -1.58. The van der Waals surface area contributed by atoms with Crippen molar-refractivity contribution < 1.29 is 17.7 Å². The lowest BCUT2D eigenvalue weighted by atomic mass is 9.85. The van der Waals surface area contributed by atoms with Crippen LogP contribution in [0.1, 0.15) is 20.3 Å². The van der Waals surface area contributed by atoms with Gasteiger partial charge in [-0.05, 0) is 31.6 Å². The minimum absolute atomic E-state index is 0.227. The predicted octanol–water partition coefficient (Wildman–Crippen LogP) is 4.74. The predicted molar refractivity (Wildman–Crippen MR) is 101 cm³/mol. The monoisotopic (exact) mass is 421 g/mol. The first-order chi connectivity index (χ1) is 12.1. The molecular formula is C18H19Cl2F2NO2S. The third-order valence-corrected chi connectivity index (χ3v) is 7.46. The highest BCUT2D eigenvalue weighted by Crippen LogP contribution is 2.42. The van der Waals surface area contributed by atoms with Crippen molar-refractivity contribution >= 4 is 34.2 Å². The molecule has 1 aliphatic heterocycles. The SMILES string of the molecule is CC1(COc2ccc(F)c(F)c2)CN(S(=O)C2(C)CC=C(Cl)C=C2Cl)C1. The van der Waals surface area contributed by atoms with E-state index in [9.17, 15) is 13.0 Å². The van der Waals surface area contributed by atoms with Gasteiger partial charge in [0.05, 0.1) is 11.4 Å².